The number of hydrogen-bond acceptors (Lipinski definition) is 10. The van der Waals surface area contributed by atoms with Gasteiger partial charge in [-0.05, 0) is 38.5 Å². The Hall–Kier alpha value is -1.15. The van der Waals surface area contributed by atoms with Crippen molar-refractivity contribution in [3.05, 3.63) is 12.2 Å². The quantitative estimate of drug-likeness (QED) is 0.0216. The van der Waals surface area contributed by atoms with Crippen molar-refractivity contribution in [2.75, 3.05) is 13.2 Å². The fourth-order valence-corrected chi connectivity index (χ4v) is 8.85. The molecule has 0 spiro atoms. The standard InChI is InChI=1S/C53H103NO10/c1-3-5-7-9-11-13-15-17-19-21-22-23-25-26-28-30-32-34-36-38-40-45(56)48(58)44(43-63-53-51(61)50(60)49(59)47(42-55)64-53)54-52(62)46(57)41-39-37-35-33-31-29-27-24-20-18-16-14-12-10-8-6-4-2/h32,34,44-51,53,55-61H,3-31,33,35-43H2,1-2H3,(H,54,62)/b34-32+. The van der Waals surface area contributed by atoms with Crippen LogP contribution in [-0.4, -0.2) is 110 Å². The van der Waals surface area contributed by atoms with Crippen molar-refractivity contribution in [1.29, 1.82) is 0 Å². The molecule has 8 N–H and O–H groups in total. The van der Waals surface area contributed by atoms with E-state index in [1.54, 1.807) is 0 Å². The lowest BCUT2D eigenvalue weighted by molar-refractivity contribution is -0.303. The third-order valence-electron chi connectivity index (χ3n) is 13.3. The van der Waals surface area contributed by atoms with Gasteiger partial charge in [0, 0.05) is 0 Å². The number of allylic oxidation sites excluding steroid dienone is 2. The largest absolute Gasteiger partial charge is 0.394 e. The second kappa shape index (κ2) is 43.2. The van der Waals surface area contributed by atoms with E-state index in [0.29, 0.717) is 12.8 Å². The van der Waals surface area contributed by atoms with E-state index in [4.69, 9.17) is 9.47 Å². The lowest BCUT2D eigenvalue weighted by Gasteiger charge is -2.40. The van der Waals surface area contributed by atoms with Gasteiger partial charge >= 0.3 is 0 Å². The summed E-state index contributed by atoms with van der Waals surface area (Å²) in [5.74, 6) is -0.702. The van der Waals surface area contributed by atoms with Crippen molar-refractivity contribution in [3.8, 4) is 0 Å². The first-order chi connectivity index (χ1) is 31.2. The molecule has 0 radical (unpaired) electrons. The van der Waals surface area contributed by atoms with Gasteiger partial charge in [-0.2, -0.15) is 0 Å². The third kappa shape index (κ3) is 31.8. The molecule has 0 aliphatic carbocycles. The van der Waals surface area contributed by atoms with Crippen LogP contribution in [-0.2, 0) is 14.3 Å². The Balaban J connectivity index is 2.37. The molecule has 1 rings (SSSR count). The van der Waals surface area contributed by atoms with Gasteiger partial charge in [-0.25, -0.2) is 0 Å². The number of nitrogens with one attached hydrogen (secondary N) is 1. The zero-order valence-corrected chi connectivity index (χ0v) is 41.3. The number of amides is 1. The van der Waals surface area contributed by atoms with Crippen molar-refractivity contribution in [2.24, 2.45) is 0 Å². The zero-order valence-electron chi connectivity index (χ0n) is 41.3. The van der Waals surface area contributed by atoms with Crippen LogP contribution in [0.2, 0.25) is 0 Å². The first-order valence-electron chi connectivity index (χ1n) is 27.1. The number of hydrogen-bond donors (Lipinski definition) is 8. The number of aliphatic hydroxyl groups excluding tert-OH is 7. The van der Waals surface area contributed by atoms with Gasteiger partial charge in [-0.15, -0.1) is 0 Å². The zero-order chi connectivity index (χ0) is 46.9. The summed E-state index contributed by atoms with van der Waals surface area (Å²) in [5.41, 5.74) is 0. The summed E-state index contributed by atoms with van der Waals surface area (Å²) in [6, 6.07) is -1.18. The van der Waals surface area contributed by atoms with Crippen LogP contribution in [0, 0.1) is 0 Å². The fourth-order valence-electron chi connectivity index (χ4n) is 8.85. The maximum absolute atomic E-state index is 13.1. The van der Waals surface area contributed by atoms with Gasteiger partial charge in [0.1, 0.15) is 36.6 Å². The van der Waals surface area contributed by atoms with Gasteiger partial charge < -0.3 is 50.5 Å². The molecule has 1 heterocycles. The van der Waals surface area contributed by atoms with Gasteiger partial charge in [0.25, 0.3) is 0 Å². The average Bonchev–Trinajstić information content (AvgIpc) is 3.29. The molecule has 0 aromatic carbocycles. The molecule has 1 aliphatic rings. The van der Waals surface area contributed by atoms with Crippen LogP contribution in [0.1, 0.15) is 251 Å². The molecule has 0 saturated carbocycles. The highest BCUT2D eigenvalue weighted by atomic mass is 16.7. The highest BCUT2D eigenvalue weighted by Crippen LogP contribution is 2.23. The highest BCUT2D eigenvalue weighted by molar-refractivity contribution is 5.80. The van der Waals surface area contributed by atoms with E-state index >= 15 is 0 Å². The lowest BCUT2D eigenvalue weighted by Crippen LogP contribution is -2.60. The molecular formula is C53H103NO10. The van der Waals surface area contributed by atoms with Crippen LogP contribution in [0.4, 0.5) is 0 Å². The van der Waals surface area contributed by atoms with Crippen LogP contribution in [0.25, 0.3) is 0 Å². The van der Waals surface area contributed by atoms with Crippen molar-refractivity contribution in [2.45, 2.75) is 306 Å². The van der Waals surface area contributed by atoms with E-state index < -0.39 is 74.2 Å². The van der Waals surface area contributed by atoms with Gasteiger partial charge in [-0.1, -0.05) is 225 Å². The number of carbonyl (C=O) groups excluding carboxylic acids is 1. The molecule has 1 saturated heterocycles. The predicted molar refractivity (Wildman–Crippen MR) is 261 cm³/mol. The topological polar surface area (TPSA) is 189 Å². The maximum Gasteiger partial charge on any atom is 0.249 e. The van der Waals surface area contributed by atoms with Gasteiger partial charge in [-0.3, -0.25) is 4.79 Å². The van der Waals surface area contributed by atoms with E-state index in [9.17, 15) is 40.5 Å². The first kappa shape index (κ1) is 60.9. The molecule has 11 heteroatoms. The molecule has 0 bridgehead atoms. The van der Waals surface area contributed by atoms with Crippen molar-refractivity contribution in [1.82, 2.24) is 5.32 Å². The SMILES string of the molecule is CCCCCCCCCCCCCCCCC/C=C/CCCC(O)C(O)C(COC1OC(CO)C(O)C(O)C1O)NC(=O)C(O)CCCCCCCCCCCCCCCCCCC. The monoisotopic (exact) mass is 914 g/mol. The van der Waals surface area contributed by atoms with Gasteiger partial charge in [0.2, 0.25) is 5.91 Å². The second-order valence-corrected chi connectivity index (χ2v) is 19.3. The molecule has 1 amide bonds. The summed E-state index contributed by atoms with van der Waals surface area (Å²) in [5, 5.41) is 76.0. The number of aliphatic hydroxyl groups is 7. The van der Waals surface area contributed by atoms with Crippen LogP contribution in [0.5, 0.6) is 0 Å². The van der Waals surface area contributed by atoms with Crippen LogP contribution in [0.3, 0.4) is 0 Å². The lowest BCUT2D eigenvalue weighted by atomic mass is 9.98. The molecule has 9 atom stereocenters. The molecule has 1 fully saturated rings. The summed E-state index contributed by atoms with van der Waals surface area (Å²) in [6.45, 7) is 3.46. The number of carbonyl (C=O) groups is 1. The fraction of sp³-hybridized carbons (Fsp3) is 0.943. The van der Waals surface area contributed by atoms with Crippen molar-refractivity contribution in [3.63, 3.8) is 0 Å². The normalized spacial score (nSPS) is 21.0. The Kier molecular flexibility index (Phi) is 41.0. The number of rotatable bonds is 46. The highest BCUT2D eigenvalue weighted by Gasteiger charge is 2.44. The van der Waals surface area contributed by atoms with E-state index in [0.717, 1.165) is 38.5 Å². The molecule has 380 valence electrons. The first-order valence-corrected chi connectivity index (χ1v) is 27.1. The summed E-state index contributed by atoms with van der Waals surface area (Å²) in [6.07, 6.45) is 36.9. The van der Waals surface area contributed by atoms with Crippen LogP contribution < -0.4 is 5.32 Å². The van der Waals surface area contributed by atoms with Crippen LogP contribution >= 0.6 is 0 Å². The molecule has 1 aliphatic heterocycles. The predicted octanol–water partition coefficient (Wildman–Crippen LogP) is 10.4. The molecule has 64 heavy (non-hydrogen) atoms. The van der Waals surface area contributed by atoms with Crippen molar-refractivity contribution < 1.29 is 50.0 Å². The molecule has 9 unspecified atom stereocenters. The van der Waals surface area contributed by atoms with E-state index in [-0.39, 0.29) is 12.8 Å². The molecule has 0 aromatic rings. The maximum atomic E-state index is 13.1. The minimum Gasteiger partial charge on any atom is -0.394 e. The minimum atomic E-state index is -1.66. The minimum absolute atomic E-state index is 0.259. The van der Waals surface area contributed by atoms with E-state index in [1.165, 1.54) is 173 Å². The third-order valence-corrected chi connectivity index (χ3v) is 13.3. The van der Waals surface area contributed by atoms with E-state index in [1.807, 2.05) is 0 Å². The van der Waals surface area contributed by atoms with Gasteiger partial charge in [0.15, 0.2) is 6.29 Å². The van der Waals surface area contributed by atoms with Gasteiger partial charge in [0.05, 0.1) is 25.4 Å². The summed E-state index contributed by atoms with van der Waals surface area (Å²) in [4.78, 5) is 13.1. The average molecular weight is 914 g/mol. The van der Waals surface area contributed by atoms with E-state index in [2.05, 4.69) is 31.3 Å². The number of unbranched alkanes of at least 4 members (excludes halogenated alkanes) is 32. The second-order valence-electron chi connectivity index (χ2n) is 19.3. The summed E-state index contributed by atoms with van der Waals surface area (Å²) < 4.78 is 11.1. The summed E-state index contributed by atoms with van der Waals surface area (Å²) >= 11 is 0. The number of ether oxygens (including phenoxy) is 2. The summed E-state index contributed by atoms with van der Waals surface area (Å²) in [7, 11) is 0. The Morgan fingerprint density at radius 1 is 0.531 bits per heavy atom. The van der Waals surface area contributed by atoms with Crippen LogP contribution in [0.15, 0.2) is 12.2 Å². The Morgan fingerprint density at radius 2 is 0.922 bits per heavy atom. The molecule has 0 aromatic heterocycles. The van der Waals surface area contributed by atoms with Crippen molar-refractivity contribution >= 4 is 5.91 Å². The Labute approximate surface area is 392 Å². The smallest absolute Gasteiger partial charge is 0.249 e. The Morgan fingerprint density at radius 3 is 1.34 bits per heavy atom. The molecule has 11 nitrogen and oxygen atoms in total. The molecular weight excluding hydrogens is 811 g/mol. The Bertz CT molecular complexity index is 1050.